The van der Waals surface area contributed by atoms with Crippen LogP contribution in [0.3, 0.4) is 0 Å². The summed E-state index contributed by atoms with van der Waals surface area (Å²) in [6.45, 7) is 3.36. The minimum Gasteiger partial charge on any atom is -0.471 e. The van der Waals surface area contributed by atoms with Crippen LogP contribution in [0.2, 0.25) is 5.02 Å². The maximum Gasteiger partial charge on any atom is 0.319 e. The van der Waals surface area contributed by atoms with Crippen molar-refractivity contribution in [2.45, 2.75) is 32.3 Å². The minimum atomic E-state index is -0.877. The number of ether oxygens (including phenoxy) is 1. The number of nitrogens with zero attached hydrogens (tertiary/aromatic N) is 2. The molecule has 0 unspecified atom stereocenters. The number of nitrogens with two attached hydrogens (primary N) is 1. The first-order valence-corrected chi connectivity index (χ1v) is 11.3. The van der Waals surface area contributed by atoms with E-state index in [0.29, 0.717) is 6.54 Å². The second-order valence-electron chi connectivity index (χ2n) is 7.34. The molecule has 1 aliphatic heterocycles. The quantitative estimate of drug-likeness (QED) is 0.349. The van der Waals surface area contributed by atoms with E-state index in [1.165, 1.54) is 12.8 Å². The molecule has 32 heavy (non-hydrogen) atoms. The molecule has 3 rings (SSSR count). The van der Waals surface area contributed by atoms with E-state index in [2.05, 4.69) is 19.9 Å². The van der Waals surface area contributed by atoms with Crippen LogP contribution in [0.15, 0.2) is 12.1 Å². The Hall–Kier alpha value is -2.50. The fourth-order valence-electron chi connectivity index (χ4n) is 3.31. The Morgan fingerprint density at radius 1 is 1.22 bits per heavy atom. The SMILES string of the molecule is NC(=O)c1c(OCc2cc(F)c(Cl)cc2F)nsc1NC(=O)NCCCCN1CCCC1. The number of carbonyl (C=O) groups is 2. The van der Waals surface area contributed by atoms with Crippen molar-refractivity contribution < 1.29 is 23.1 Å². The van der Waals surface area contributed by atoms with E-state index in [1.54, 1.807) is 0 Å². The highest BCUT2D eigenvalue weighted by atomic mass is 35.5. The van der Waals surface area contributed by atoms with Crippen molar-refractivity contribution in [1.82, 2.24) is 14.6 Å². The Balaban J connectivity index is 1.52. The number of hydrogen-bond donors (Lipinski definition) is 3. The molecular weight excluding hydrogens is 464 g/mol. The predicted octanol–water partition coefficient (Wildman–Crippen LogP) is 3.75. The van der Waals surface area contributed by atoms with E-state index >= 15 is 0 Å². The highest BCUT2D eigenvalue weighted by Crippen LogP contribution is 2.31. The van der Waals surface area contributed by atoms with Gasteiger partial charge in [0, 0.05) is 12.1 Å². The lowest BCUT2D eigenvalue weighted by Crippen LogP contribution is -2.30. The Labute approximate surface area is 193 Å². The fourth-order valence-corrected chi connectivity index (χ4v) is 4.20. The van der Waals surface area contributed by atoms with Gasteiger partial charge in [-0.25, -0.2) is 13.6 Å². The molecule has 4 N–H and O–H groups in total. The zero-order valence-corrected chi connectivity index (χ0v) is 18.8. The molecular formula is C20H24ClF2N5O3S. The Bertz CT molecular complexity index is 969. The molecule has 0 bridgehead atoms. The van der Waals surface area contributed by atoms with Gasteiger partial charge in [-0.05, 0) is 69.0 Å². The topological polar surface area (TPSA) is 110 Å². The van der Waals surface area contributed by atoms with Crippen LogP contribution in [0.25, 0.3) is 0 Å². The van der Waals surface area contributed by atoms with Crippen molar-refractivity contribution in [2.24, 2.45) is 5.73 Å². The van der Waals surface area contributed by atoms with Crippen LogP contribution >= 0.6 is 23.1 Å². The summed E-state index contributed by atoms with van der Waals surface area (Å²) in [4.78, 5) is 26.4. The number of likely N-dealkylation sites (tertiary alicyclic amines) is 1. The molecule has 3 amide bonds. The van der Waals surface area contributed by atoms with Gasteiger partial charge in [0.1, 0.15) is 28.8 Å². The third kappa shape index (κ3) is 6.50. The lowest BCUT2D eigenvalue weighted by molar-refractivity contribution is 0.0996. The van der Waals surface area contributed by atoms with E-state index in [4.69, 9.17) is 22.1 Å². The highest BCUT2D eigenvalue weighted by Gasteiger charge is 2.22. The molecule has 1 saturated heterocycles. The molecule has 0 saturated carbocycles. The molecule has 2 heterocycles. The lowest BCUT2D eigenvalue weighted by Gasteiger charge is -2.14. The van der Waals surface area contributed by atoms with E-state index in [9.17, 15) is 18.4 Å². The number of amides is 3. The van der Waals surface area contributed by atoms with Crippen molar-refractivity contribution in [3.8, 4) is 5.88 Å². The van der Waals surface area contributed by atoms with Crippen LogP contribution in [-0.2, 0) is 6.61 Å². The largest absolute Gasteiger partial charge is 0.471 e. The molecule has 1 aliphatic rings. The van der Waals surface area contributed by atoms with Crippen molar-refractivity contribution in [3.05, 3.63) is 39.9 Å². The van der Waals surface area contributed by atoms with Crippen LogP contribution in [0.4, 0.5) is 18.6 Å². The summed E-state index contributed by atoms with van der Waals surface area (Å²) in [7, 11) is 0. The van der Waals surface area contributed by atoms with Crippen molar-refractivity contribution in [2.75, 3.05) is 31.5 Å². The predicted molar refractivity (Wildman–Crippen MR) is 118 cm³/mol. The van der Waals surface area contributed by atoms with E-state index in [0.717, 1.165) is 56.1 Å². The molecule has 1 fully saturated rings. The van der Waals surface area contributed by atoms with E-state index in [1.807, 2.05) is 0 Å². The minimum absolute atomic E-state index is 0.102. The number of benzene rings is 1. The van der Waals surface area contributed by atoms with Crippen molar-refractivity contribution in [3.63, 3.8) is 0 Å². The molecule has 8 nitrogen and oxygen atoms in total. The van der Waals surface area contributed by atoms with E-state index < -0.39 is 30.2 Å². The third-order valence-corrected chi connectivity index (χ3v) is 6.01. The number of anilines is 1. The number of primary amides is 1. The summed E-state index contributed by atoms with van der Waals surface area (Å²) in [5, 5.41) is 5.00. The fraction of sp³-hybridized carbons (Fsp3) is 0.450. The Morgan fingerprint density at radius 2 is 1.97 bits per heavy atom. The first-order valence-electron chi connectivity index (χ1n) is 10.2. The molecule has 0 aliphatic carbocycles. The smallest absolute Gasteiger partial charge is 0.319 e. The zero-order chi connectivity index (χ0) is 23.1. The van der Waals surface area contributed by atoms with E-state index in [-0.39, 0.29) is 27.0 Å². The molecule has 0 spiro atoms. The second kappa shape index (κ2) is 11.4. The molecule has 12 heteroatoms. The number of carbonyl (C=O) groups excluding carboxylic acids is 2. The van der Waals surface area contributed by atoms with Crippen LogP contribution < -0.4 is 21.1 Å². The average Bonchev–Trinajstić information content (AvgIpc) is 3.39. The maximum atomic E-state index is 13.9. The second-order valence-corrected chi connectivity index (χ2v) is 8.52. The highest BCUT2D eigenvalue weighted by molar-refractivity contribution is 7.11. The van der Waals surface area contributed by atoms with Gasteiger partial charge >= 0.3 is 6.03 Å². The van der Waals surface area contributed by atoms with Gasteiger partial charge in [-0.3, -0.25) is 10.1 Å². The summed E-state index contributed by atoms with van der Waals surface area (Å²) in [5.41, 5.74) is 5.14. The average molecular weight is 488 g/mol. The summed E-state index contributed by atoms with van der Waals surface area (Å²) in [6, 6.07) is 1.22. The number of aromatic nitrogens is 1. The van der Waals surface area contributed by atoms with Gasteiger partial charge in [-0.2, -0.15) is 4.37 Å². The Kier molecular flexibility index (Phi) is 8.60. The first-order chi connectivity index (χ1) is 15.3. The summed E-state index contributed by atoms with van der Waals surface area (Å²) >= 11 is 6.32. The normalized spacial score (nSPS) is 13.8. The standard InChI is InChI=1S/C20H24ClF2N5O3S/c21-13-10-14(22)12(9-15(13)23)11-31-18-16(17(24)29)19(32-27-18)26-20(30)25-5-1-2-6-28-7-3-4-8-28/h9-10H,1-8,11H2,(H2,24,29)(H2,25,26,30). The van der Waals surface area contributed by atoms with Crippen molar-refractivity contribution in [1.29, 1.82) is 0 Å². The van der Waals surface area contributed by atoms with Crippen molar-refractivity contribution >= 4 is 40.1 Å². The van der Waals surface area contributed by atoms with Gasteiger partial charge in [-0.15, -0.1) is 0 Å². The third-order valence-electron chi connectivity index (χ3n) is 4.97. The molecule has 0 radical (unpaired) electrons. The summed E-state index contributed by atoms with van der Waals surface area (Å²) in [6.07, 6.45) is 4.30. The number of urea groups is 1. The molecule has 1 aromatic heterocycles. The van der Waals surface area contributed by atoms with Crippen LogP contribution in [0.1, 0.15) is 41.6 Å². The van der Waals surface area contributed by atoms with Gasteiger partial charge in [-0.1, -0.05) is 11.6 Å². The number of rotatable bonds is 10. The van der Waals surface area contributed by atoms with Gasteiger partial charge in [0.05, 0.1) is 5.02 Å². The zero-order valence-electron chi connectivity index (χ0n) is 17.3. The number of unbranched alkanes of at least 4 members (excludes halogenated alkanes) is 1. The summed E-state index contributed by atoms with van der Waals surface area (Å²) < 4.78 is 36.8. The summed E-state index contributed by atoms with van der Waals surface area (Å²) in [5.74, 6) is -2.63. The van der Waals surface area contributed by atoms with Gasteiger partial charge in [0.15, 0.2) is 0 Å². The maximum absolute atomic E-state index is 13.9. The number of halogens is 3. The van der Waals surface area contributed by atoms with Gasteiger partial charge < -0.3 is 20.7 Å². The van der Waals surface area contributed by atoms with Crippen LogP contribution in [0, 0.1) is 11.6 Å². The number of nitrogens with one attached hydrogen (secondary N) is 2. The van der Waals surface area contributed by atoms with Gasteiger partial charge in [0.2, 0.25) is 5.88 Å². The monoisotopic (exact) mass is 487 g/mol. The lowest BCUT2D eigenvalue weighted by atomic mass is 10.2. The molecule has 0 atom stereocenters. The molecule has 1 aromatic carbocycles. The molecule has 174 valence electrons. The molecule has 2 aromatic rings. The number of hydrogen-bond acceptors (Lipinski definition) is 6. The van der Waals surface area contributed by atoms with Gasteiger partial charge in [0.25, 0.3) is 5.91 Å². The first kappa shape index (κ1) is 24.1. The Morgan fingerprint density at radius 3 is 2.69 bits per heavy atom. The van der Waals surface area contributed by atoms with Crippen LogP contribution in [0.5, 0.6) is 5.88 Å². The van der Waals surface area contributed by atoms with Crippen LogP contribution in [-0.4, -0.2) is 47.4 Å².